The van der Waals surface area contributed by atoms with Crippen LogP contribution in [0.4, 0.5) is 0 Å². The number of hydrogen-bond acceptors (Lipinski definition) is 5. The van der Waals surface area contributed by atoms with Crippen molar-refractivity contribution in [1.82, 2.24) is 24.6 Å². The molecule has 28 heavy (non-hydrogen) atoms. The molecule has 1 saturated heterocycles. The van der Waals surface area contributed by atoms with Gasteiger partial charge in [-0.05, 0) is 31.9 Å². The van der Waals surface area contributed by atoms with E-state index in [9.17, 15) is 4.79 Å². The van der Waals surface area contributed by atoms with Gasteiger partial charge in [-0.25, -0.2) is 0 Å². The van der Waals surface area contributed by atoms with Crippen LogP contribution in [-0.2, 0) is 24.3 Å². The fourth-order valence-corrected chi connectivity index (χ4v) is 4.69. The number of piperazine rings is 1. The van der Waals surface area contributed by atoms with Gasteiger partial charge < -0.3 is 9.47 Å². The predicted octanol–water partition coefficient (Wildman–Crippen LogP) is 2.75. The van der Waals surface area contributed by atoms with Gasteiger partial charge in [0.25, 0.3) is 0 Å². The highest BCUT2D eigenvalue weighted by atomic mass is 32.2. The Hall–Kier alpha value is -1.86. The average molecular weight is 400 g/mol. The maximum Gasteiger partial charge on any atom is 0.233 e. The lowest BCUT2D eigenvalue weighted by Gasteiger charge is -2.34. The Labute approximate surface area is 171 Å². The molecule has 3 heterocycles. The molecule has 1 aromatic carbocycles. The third-order valence-electron chi connectivity index (χ3n) is 5.66. The highest BCUT2D eigenvalue weighted by Gasteiger charge is 2.23. The molecule has 0 saturated carbocycles. The summed E-state index contributed by atoms with van der Waals surface area (Å²) in [5.74, 6) is 2.99. The molecule has 1 aromatic heterocycles. The van der Waals surface area contributed by atoms with Crippen LogP contribution in [0.25, 0.3) is 0 Å². The summed E-state index contributed by atoms with van der Waals surface area (Å²) in [4.78, 5) is 18.1. The Bertz CT molecular complexity index is 796. The molecule has 150 valence electrons. The number of rotatable bonds is 5. The zero-order valence-corrected chi connectivity index (χ0v) is 17.5. The molecule has 4 rings (SSSR count). The van der Waals surface area contributed by atoms with Gasteiger partial charge in [-0.2, -0.15) is 0 Å². The van der Waals surface area contributed by atoms with E-state index in [1.807, 2.05) is 4.90 Å². The Morgan fingerprint density at radius 1 is 1.00 bits per heavy atom. The third-order valence-corrected chi connectivity index (χ3v) is 6.66. The van der Waals surface area contributed by atoms with Crippen molar-refractivity contribution < 1.29 is 4.79 Å². The van der Waals surface area contributed by atoms with Crippen LogP contribution in [0.2, 0.25) is 0 Å². The second-order valence-corrected chi connectivity index (χ2v) is 8.80. The number of aromatic nitrogens is 3. The number of hydrogen-bond donors (Lipinski definition) is 0. The van der Waals surface area contributed by atoms with Gasteiger partial charge in [0.1, 0.15) is 11.6 Å². The largest absolute Gasteiger partial charge is 0.339 e. The molecule has 6 nitrogen and oxygen atoms in total. The molecule has 0 spiro atoms. The smallest absolute Gasteiger partial charge is 0.233 e. The van der Waals surface area contributed by atoms with E-state index in [0.29, 0.717) is 5.75 Å². The minimum absolute atomic E-state index is 0.238. The van der Waals surface area contributed by atoms with Gasteiger partial charge in [0.05, 0.1) is 12.3 Å². The van der Waals surface area contributed by atoms with Crippen LogP contribution in [-0.4, -0.2) is 62.4 Å². The van der Waals surface area contributed by atoms with E-state index in [4.69, 9.17) is 0 Å². The number of aryl methyl sites for hydroxylation is 2. The molecule has 1 amide bonds. The molecule has 2 aliphatic heterocycles. The maximum absolute atomic E-state index is 12.6. The fourth-order valence-electron chi connectivity index (χ4n) is 3.89. The second-order valence-electron chi connectivity index (χ2n) is 7.75. The summed E-state index contributed by atoms with van der Waals surface area (Å²) in [6.07, 6.45) is 4.77. The van der Waals surface area contributed by atoms with Crippen molar-refractivity contribution in [2.45, 2.75) is 50.6 Å². The Balaban J connectivity index is 1.25. The van der Waals surface area contributed by atoms with Gasteiger partial charge in [-0.15, -0.1) is 22.0 Å². The second kappa shape index (κ2) is 9.09. The minimum Gasteiger partial charge on any atom is -0.339 e. The monoisotopic (exact) mass is 399 g/mol. The van der Waals surface area contributed by atoms with E-state index in [2.05, 4.69) is 50.9 Å². The molecule has 0 radical (unpaired) electrons. The van der Waals surface area contributed by atoms with Gasteiger partial charge >= 0.3 is 0 Å². The highest BCUT2D eigenvalue weighted by Crippen LogP contribution is 2.20. The first-order chi connectivity index (χ1) is 13.7. The number of benzene rings is 1. The summed E-state index contributed by atoms with van der Waals surface area (Å²) in [7, 11) is 0. The first-order valence-electron chi connectivity index (χ1n) is 10.3. The van der Waals surface area contributed by atoms with Crippen LogP contribution >= 0.6 is 11.8 Å². The van der Waals surface area contributed by atoms with E-state index >= 15 is 0 Å². The predicted molar refractivity (Wildman–Crippen MR) is 111 cm³/mol. The van der Waals surface area contributed by atoms with Crippen molar-refractivity contribution in [3.8, 4) is 0 Å². The lowest BCUT2D eigenvalue weighted by molar-refractivity contribution is -0.130. The van der Waals surface area contributed by atoms with Crippen LogP contribution < -0.4 is 0 Å². The topological polar surface area (TPSA) is 54.3 Å². The quantitative estimate of drug-likeness (QED) is 0.724. The number of carbonyl (C=O) groups is 1. The van der Waals surface area contributed by atoms with Gasteiger partial charge in [-0.1, -0.05) is 24.1 Å². The molecule has 0 aliphatic carbocycles. The van der Waals surface area contributed by atoms with E-state index < -0.39 is 0 Å². The summed E-state index contributed by atoms with van der Waals surface area (Å²) in [6.45, 7) is 7.38. The first-order valence-corrected chi connectivity index (χ1v) is 11.3. The lowest BCUT2D eigenvalue weighted by atomic mass is 10.2. The number of fused-ring (bicyclic) bond motifs is 1. The van der Waals surface area contributed by atoms with Gasteiger partial charge in [0, 0.05) is 44.0 Å². The van der Waals surface area contributed by atoms with E-state index in [1.165, 1.54) is 24.8 Å². The lowest BCUT2D eigenvalue weighted by Crippen LogP contribution is -2.49. The van der Waals surface area contributed by atoms with E-state index in [1.54, 1.807) is 11.8 Å². The summed E-state index contributed by atoms with van der Waals surface area (Å²) in [6, 6.07) is 8.37. The number of amides is 1. The minimum atomic E-state index is 0.238. The van der Waals surface area contributed by atoms with Crippen molar-refractivity contribution in [2.75, 3.05) is 31.9 Å². The van der Waals surface area contributed by atoms with Crippen molar-refractivity contribution in [2.24, 2.45) is 0 Å². The summed E-state index contributed by atoms with van der Waals surface area (Å²) in [5.41, 5.74) is 1.25. The van der Waals surface area contributed by atoms with Crippen molar-refractivity contribution in [1.29, 1.82) is 0 Å². The van der Waals surface area contributed by atoms with E-state index in [-0.39, 0.29) is 5.91 Å². The van der Waals surface area contributed by atoms with Crippen molar-refractivity contribution in [3.63, 3.8) is 0 Å². The molecule has 7 heteroatoms. The van der Waals surface area contributed by atoms with Crippen LogP contribution in [0, 0.1) is 6.92 Å². The number of thioether (sulfide) groups is 1. The van der Waals surface area contributed by atoms with Crippen LogP contribution in [0.1, 0.15) is 36.5 Å². The van der Waals surface area contributed by atoms with Gasteiger partial charge in [0.2, 0.25) is 5.91 Å². The van der Waals surface area contributed by atoms with Crippen molar-refractivity contribution in [3.05, 3.63) is 41.5 Å². The normalized spacial score (nSPS) is 18.0. The maximum atomic E-state index is 12.6. The molecule has 1 fully saturated rings. The SMILES string of the molecule is Cc1ccc(SCC(=O)N2CCN(Cc3nnc4n3CCCCC4)CC2)cc1. The van der Waals surface area contributed by atoms with Gasteiger partial charge in [0.15, 0.2) is 0 Å². The molecular formula is C21H29N5OS. The number of carbonyl (C=O) groups excluding carboxylic acids is 1. The Kier molecular flexibility index (Phi) is 6.32. The van der Waals surface area contributed by atoms with Gasteiger partial charge in [-0.3, -0.25) is 9.69 Å². The summed E-state index contributed by atoms with van der Waals surface area (Å²) >= 11 is 1.63. The Morgan fingerprint density at radius 3 is 2.57 bits per heavy atom. The first kappa shape index (κ1) is 19.5. The molecule has 0 N–H and O–H groups in total. The van der Waals surface area contributed by atoms with E-state index in [0.717, 1.165) is 62.2 Å². The molecule has 2 aromatic rings. The van der Waals surface area contributed by atoms with Crippen LogP contribution in [0.3, 0.4) is 0 Å². The summed E-state index contributed by atoms with van der Waals surface area (Å²) < 4.78 is 2.32. The van der Waals surface area contributed by atoms with Crippen LogP contribution in [0.15, 0.2) is 29.2 Å². The zero-order chi connectivity index (χ0) is 19.3. The standard InChI is InChI=1S/C21H29N5OS/c1-17-6-8-18(9-7-17)28-16-21(27)25-13-11-24(12-14-25)15-20-23-22-19-5-3-2-4-10-26(19)20/h6-9H,2-5,10-16H2,1H3. The molecule has 0 unspecified atom stereocenters. The molecule has 2 aliphatic rings. The third kappa shape index (κ3) is 4.75. The highest BCUT2D eigenvalue weighted by molar-refractivity contribution is 8.00. The fraction of sp³-hybridized carbons (Fsp3) is 0.571. The number of nitrogens with zero attached hydrogens (tertiary/aromatic N) is 5. The average Bonchev–Trinajstić information content (AvgIpc) is 2.94. The molecule has 0 atom stereocenters. The van der Waals surface area contributed by atoms with Crippen molar-refractivity contribution >= 4 is 17.7 Å². The molecule has 0 bridgehead atoms. The van der Waals surface area contributed by atoms with Crippen LogP contribution in [0.5, 0.6) is 0 Å². The molecular weight excluding hydrogens is 370 g/mol. The summed E-state index contributed by atoms with van der Waals surface area (Å²) in [5, 5.41) is 8.85. The zero-order valence-electron chi connectivity index (χ0n) is 16.6. The Morgan fingerprint density at radius 2 is 1.79 bits per heavy atom.